The van der Waals surface area contributed by atoms with Gasteiger partial charge in [-0.3, -0.25) is 4.99 Å². The first-order valence-corrected chi connectivity index (χ1v) is 6.78. The monoisotopic (exact) mass is 234 g/mol. The van der Waals surface area contributed by atoms with Crippen LogP contribution in [0.5, 0.6) is 0 Å². The number of hydrogen-bond donors (Lipinski definition) is 1. The Hall–Kier alpha value is -0.870. The molecular formula is C11H10N2S2. The summed E-state index contributed by atoms with van der Waals surface area (Å²) in [5.74, 6) is 0. The molecule has 0 radical (unpaired) electrons. The second-order valence-corrected chi connectivity index (χ2v) is 5.46. The fourth-order valence-corrected chi connectivity index (χ4v) is 3.41. The number of H-pyrrole nitrogens is 1. The van der Waals surface area contributed by atoms with Crippen molar-refractivity contribution in [2.75, 3.05) is 6.26 Å². The molecule has 2 aromatic rings. The highest BCUT2D eigenvalue weighted by atomic mass is 32.2. The zero-order valence-corrected chi connectivity index (χ0v) is 9.91. The van der Waals surface area contributed by atoms with Crippen LogP contribution in [0.25, 0.3) is 10.9 Å². The average Bonchev–Trinajstić information content (AvgIpc) is 2.58. The molecule has 1 N–H and O–H groups in total. The van der Waals surface area contributed by atoms with Crippen LogP contribution in [0.3, 0.4) is 0 Å². The summed E-state index contributed by atoms with van der Waals surface area (Å²) in [7, 11) is 0. The van der Waals surface area contributed by atoms with E-state index in [-0.39, 0.29) is 0 Å². The normalized spacial score (nSPS) is 15.1. The van der Waals surface area contributed by atoms with E-state index in [1.807, 2.05) is 0 Å². The van der Waals surface area contributed by atoms with Crippen molar-refractivity contribution >= 4 is 38.8 Å². The molecule has 0 saturated heterocycles. The summed E-state index contributed by atoms with van der Waals surface area (Å²) in [6.45, 7) is 0.792. The van der Waals surface area contributed by atoms with E-state index < -0.39 is 0 Å². The Bertz CT molecular complexity index is 543. The van der Waals surface area contributed by atoms with Crippen molar-refractivity contribution in [3.8, 4) is 0 Å². The second kappa shape index (κ2) is 3.61. The van der Waals surface area contributed by atoms with Crippen LogP contribution in [0.2, 0.25) is 0 Å². The summed E-state index contributed by atoms with van der Waals surface area (Å²) < 4.78 is 1.15. The predicted molar refractivity (Wildman–Crippen MR) is 68.8 cm³/mol. The molecule has 0 atom stereocenters. The van der Waals surface area contributed by atoms with E-state index in [9.17, 15) is 0 Å². The molecule has 3 rings (SSSR count). The Morgan fingerprint density at radius 1 is 1.47 bits per heavy atom. The molecule has 0 amide bonds. The first kappa shape index (κ1) is 9.36. The summed E-state index contributed by atoms with van der Waals surface area (Å²) in [5, 5.41) is 1.34. The van der Waals surface area contributed by atoms with Gasteiger partial charge in [0.15, 0.2) is 0 Å². The first-order valence-electron chi connectivity index (χ1n) is 4.74. The van der Waals surface area contributed by atoms with E-state index in [0.717, 1.165) is 10.9 Å². The maximum atomic E-state index is 4.58. The minimum Gasteiger partial charge on any atom is -0.361 e. The van der Waals surface area contributed by atoms with Crippen molar-refractivity contribution in [1.82, 2.24) is 4.98 Å². The van der Waals surface area contributed by atoms with Gasteiger partial charge in [0.2, 0.25) is 0 Å². The minimum absolute atomic E-state index is 0.792. The molecular weight excluding hydrogens is 224 g/mol. The Kier molecular flexibility index (Phi) is 2.25. The van der Waals surface area contributed by atoms with Gasteiger partial charge in [-0.15, -0.1) is 11.8 Å². The number of nitrogens with one attached hydrogen (secondary N) is 1. The molecule has 1 aliphatic rings. The molecule has 0 saturated carbocycles. The Balaban J connectivity index is 2.25. The van der Waals surface area contributed by atoms with Crippen molar-refractivity contribution in [2.45, 2.75) is 11.4 Å². The molecule has 4 heteroatoms. The van der Waals surface area contributed by atoms with Crippen LogP contribution < -0.4 is 0 Å². The van der Waals surface area contributed by atoms with Crippen LogP contribution in [0.4, 0.5) is 0 Å². The van der Waals surface area contributed by atoms with Gasteiger partial charge < -0.3 is 4.98 Å². The van der Waals surface area contributed by atoms with E-state index in [1.165, 1.54) is 21.4 Å². The van der Waals surface area contributed by atoms with E-state index in [2.05, 4.69) is 40.6 Å². The summed E-state index contributed by atoms with van der Waals surface area (Å²) in [4.78, 5) is 9.18. The lowest BCUT2D eigenvalue weighted by atomic mass is 10.2. The number of rotatable bonds is 0. The van der Waals surface area contributed by atoms with Gasteiger partial charge in [-0.2, -0.15) is 0 Å². The standard InChI is InChI=1S/C11H10N2S2/c1-14-11-13-6-7-5-12-8-3-2-4-9(15-11)10(7)8/h2-5,12H,6H2,1H3. The number of aromatic nitrogens is 1. The van der Waals surface area contributed by atoms with E-state index in [4.69, 9.17) is 0 Å². The smallest absolute Gasteiger partial charge is 0.129 e. The lowest BCUT2D eigenvalue weighted by Crippen LogP contribution is -1.82. The average molecular weight is 234 g/mol. The number of hydrogen-bond acceptors (Lipinski definition) is 3. The third kappa shape index (κ3) is 1.48. The molecule has 2 heterocycles. The maximum Gasteiger partial charge on any atom is 0.129 e. The van der Waals surface area contributed by atoms with Crippen LogP contribution in [0.15, 0.2) is 34.3 Å². The summed E-state index contributed by atoms with van der Waals surface area (Å²) in [6.07, 6.45) is 4.15. The highest BCUT2D eigenvalue weighted by Gasteiger charge is 2.14. The topological polar surface area (TPSA) is 28.1 Å². The minimum atomic E-state index is 0.792. The van der Waals surface area contributed by atoms with E-state index >= 15 is 0 Å². The van der Waals surface area contributed by atoms with Crippen LogP contribution in [0, 0.1) is 0 Å². The number of aromatic amines is 1. The maximum absolute atomic E-state index is 4.58. The molecule has 15 heavy (non-hydrogen) atoms. The number of aliphatic imine (C=N–C) groups is 1. The lowest BCUT2D eigenvalue weighted by Gasteiger charge is -2.01. The number of nitrogens with zero attached hydrogens (tertiary/aromatic N) is 1. The second-order valence-electron chi connectivity index (χ2n) is 3.38. The quantitative estimate of drug-likeness (QED) is 0.755. The van der Waals surface area contributed by atoms with Crippen molar-refractivity contribution in [1.29, 1.82) is 0 Å². The summed E-state index contributed by atoms with van der Waals surface area (Å²) >= 11 is 3.49. The van der Waals surface area contributed by atoms with Crippen LogP contribution in [-0.2, 0) is 6.54 Å². The van der Waals surface area contributed by atoms with Crippen LogP contribution in [-0.4, -0.2) is 15.6 Å². The molecule has 0 aliphatic carbocycles. The van der Waals surface area contributed by atoms with Crippen molar-refractivity contribution in [3.63, 3.8) is 0 Å². The fraction of sp³-hybridized carbons (Fsp3) is 0.182. The molecule has 0 bridgehead atoms. The van der Waals surface area contributed by atoms with Crippen molar-refractivity contribution in [3.05, 3.63) is 30.0 Å². The molecule has 76 valence electrons. The zero-order chi connectivity index (χ0) is 10.3. The van der Waals surface area contributed by atoms with Gasteiger partial charge in [0.1, 0.15) is 4.38 Å². The predicted octanol–water partition coefficient (Wildman–Crippen LogP) is 3.49. The lowest BCUT2D eigenvalue weighted by molar-refractivity contribution is 1.09. The molecule has 2 nitrogen and oxygen atoms in total. The zero-order valence-electron chi connectivity index (χ0n) is 8.28. The molecule has 1 aromatic carbocycles. The molecule has 1 aliphatic heterocycles. The SMILES string of the molecule is CSC1=NCc2c[nH]c3cccc(c23)S1. The van der Waals surface area contributed by atoms with Gasteiger partial charge >= 0.3 is 0 Å². The Labute approximate surface area is 96.6 Å². The van der Waals surface area contributed by atoms with Gasteiger partial charge in [-0.05, 0) is 24.0 Å². The van der Waals surface area contributed by atoms with Gasteiger partial charge in [-0.25, -0.2) is 0 Å². The highest BCUT2D eigenvalue weighted by Crippen LogP contribution is 2.36. The fourth-order valence-electron chi connectivity index (χ4n) is 1.81. The third-order valence-electron chi connectivity index (χ3n) is 2.50. The largest absolute Gasteiger partial charge is 0.361 e. The molecule has 0 fully saturated rings. The first-order chi connectivity index (χ1) is 7.38. The van der Waals surface area contributed by atoms with Crippen LogP contribution in [0.1, 0.15) is 5.56 Å². The van der Waals surface area contributed by atoms with Gasteiger partial charge in [0.25, 0.3) is 0 Å². The van der Waals surface area contributed by atoms with Gasteiger partial charge in [0, 0.05) is 22.0 Å². The third-order valence-corrected chi connectivity index (χ3v) is 4.59. The van der Waals surface area contributed by atoms with Gasteiger partial charge in [0.05, 0.1) is 6.54 Å². The molecule has 0 unspecified atom stereocenters. The highest BCUT2D eigenvalue weighted by molar-refractivity contribution is 8.38. The van der Waals surface area contributed by atoms with E-state index in [1.54, 1.807) is 23.5 Å². The number of thioether (sulfide) groups is 2. The Morgan fingerprint density at radius 3 is 3.27 bits per heavy atom. The summed E-state index contributed by atoms with van der Waals surface area (Å²) in [5.41, 5.74) is 2.52. The van der Waals surface area contributed by atoms with Crippen LogP contribution >= 0.6 is 23.5 Å². The number of benzene rings is 1. The molecule has 0 spiro atoms. The van der Waals surface area contributed by atoms with Crippen molar-refractivity contribution in [2.24, 2.45) is 4.99 Å². The Morgan fingerprint density at radius 2 is 2.40 bits per heavy atom. The summed E-state index contributed by atoms with van der Waals surface area (Å²) in [6, 6.07) is 6.38. The van der Waals surface area contributed by atoms with Gasteiger partial charge in [-0.1, -0.05) is 17.8 Å². The molecule has 1 aromatic heterocycles. The van der Waals surface area contributed by atoms with E-state index in [0.29, 0.717) is 0 Å². The van der Waals surface area contributed by atoms with Crippen molar-refractivity contribution < 1.29 is 0 Å².